The van der Waals surface area contributed by atoms with Crippen molar-refractivity contribution in [3.05, 3.63) is 18.3 Å². The Hall–Kier alpha value is -1.69. The maximum atomic E-state index is 11.9. The van der Waals surface area contributed by atoms with Gasteiger partial charge in [0, 0.05) is 31.7 Å². The molecule has 0 radical (unpaired) electrons. The summed E-state index contributed by atoms with van der Waals surface area (Å²) in [7, 11) is 2.01. The van der Waals surface area contributed by atoms with Gasteiger partial charge >= 0.3 is 5.97 Å². The highest BCUT2D eigenvalue weighted by Gasteiger charge is 2.37. The van der Waals surface area contributed by atoms with E-state index in [9.17, 15) is 4.79 Å². The minimum absolute atomic E-state index is 0.0321. The van der Waals surface area contributed by atoms with Crippen LogP contribution in [-0.4, -0.2) is 59.4 Å². The van der Waals surface area contributed by atoms with Gasteiger partial charge in [-0.2, -0.15) is 5.10 Å². The molecule has 6 nitrogen and oxygen atoms in total. The summed E-state index contributed by atoms with van der Waals surface area (Å²) in [6, 6.07) is 4.19. The maximum Gasteiger partial charge on any atom is 0.323 e. The van der Waals surface area contributed by atoms with Crippen LogP contribution in [0.1, 0.15) is 26.2 Å². The predicted molar refractivity (Wildman–Crippen MR) is 79.0 cm³/mol. The third kappa shape index (κ3) is 3.00. The van der Waals surface area contributed by atoms with Crippen LogP contribution in [0.2, 0.25) is 0 Å². The lowest BCUT2D eigenvalue weighted by atomic mass is 10.1. The Labute approximate surface area is 125 Å². The van der Waals surface area contributed by atoms with Crippen LogP contribution >= 0.6 is 0 Å². The fraction of sp³-hybridized carbons (Fsp3) is 0.667. The van der Waals surface area contributed by atoms with Crippen molar-refractivity contribution in [3.63, 3.8) is 0 Å². The molecule has 6 heteroatoms. The van der Waals surface area contributed by atoms with Crippen molar-refractivity contribution >= 4 is 11.8 Å². The fourth-order valence-corrected chi connectivity index (χ4v) is 3.33. The molecule has 3 atom stereocenters. The second kappa shape index (κ2) is 5.97. The van der Waals surface area contributed by atoms with Gasteiger partial charge in [0.2, 0.25) is 0 Å². The Bertz CT molecular complexity index is 496. The molecule has 3 heterocycles. The molecule has 0 aliphatic carbocycles. The van der Waals surface area contributed by atoms with Crippen LogP contribution in [-0.2, 0) is 9.53 Å². The topological polar surface area (TPSA) is 58.6 Å². The highest BCUT2D eigenvalue weighted by atomic mass is 16.6. The van der Waals surface area contributed by atoms with Gasteiger partial charge in [0.05, 0.1) is 0 Å². The first-order valence-electron chi connectivity index (χ1n) is 7.60. The molecule has 2 aliphatic rings. The van der Waals surface area contributed by atoms with E-state index in [0.29, 0.717) is 6.04 Å². The molecule has 2 aliphatic heterocycles. The van der Waals surface area contributed by atoms with Crippen molar-refractivity contribution in [1.29, 1.82) is 0 Å². The molecule has 0 saturated carbocycles. The lowest BCUT2D eigenvalue weighted by Crippen LogP contribution is -2.44. The molecule has 21 heavy (non-hydrogen) atoms. The van der Waals surface area contributed by atoms with Crippen molar-refractivity contribution in [3.8, 4) is 0 Å². The summed E-state index contributed by atoms with van der Waals surface area (Å²) in [6.07, 6.45) is 4.78. The van der Waals surface area contributed by atoms with Crippen LogP contribution in [0.25, 0.3) is 0 Å². The quantitative estimate of drug-likeness (QED) is 0.774. The Morgan fingerprint density at radius 3 is 3.05 bits per heavy atom. The first-order valence-corrected chi connectivity index (χ1v) is 7.60. The third-order valence-corrected chi connectivity index (χ3v) is 4.41. The number of likely N-dealkylation sites (N-methyl/N-ethyl adjacent to an activating group) is 1. The molecule has 3 rings (SSSR count). The molecule has 1 aromatic rings. The smallest absolute Gasteiger partial charge is 0.323 e. The molecular formula is C15H22N4O2. The number of carbonyl (C=O) groups excluding carboxylic acids is 1. The van der Waals surface area contributed by atoms with E-state index >= 15 is 0 Å². The van der Waals surface area contributed by atoms with Crippen LogP contribution in [0.15, 0.2) is 18.3 Å². The zero-order valence-corrected chi connectivity index (χ0v) is 12.6. The molecule has 114 valence electrons. The number of cyclic esters (lactones) is 1. The summed E-state index contributed by atoms with van der Waals surface area (Å²) >= 11 is 0. The zero-order valence-electron chi connectivity index (χ0n) is 12.6. The van der Waals surface area contributed by atoms with Crippen LogP contribution in [0, 0.1) is 0 Å². The Morgan fingerprint density at radius 2 is 2.38 bits per heavy atom. The average Bonchev–Trinajstić information content (AvgIpc) is 3.06. The van der Waals surface area contributed by atoms with Gasteiger partial charge < -0.3 is 9.64 Å². The largest absolute Gasteiger partial charge is 0.461 e. The van der Waals surface area contributed by atoms with Gasteiger partial charge in [-0.3, -0.25) is 9.69 Å². The number of hydrogen-bond acceptors (Lipinski definition) is 6. The van der Waals surface area contributed by atoms with E-state index in [2.05, 4.69) is 20.0 Å². The number of esters is 1. The minimum Gasteiger partial charge on any atom is -0.461 e. The standard InChI is InChI=1S/C15H22N4O2/c1-11-9-13(15(20)21-11)18(2)10-12-5-4-8-19(12)14-6-3-7-16-17-14/h3,6-7,11-13H,4-5,8-10H2,1-2H3. The molecule has 3 unspecified atom stereocenters. The van der Waals surface area contributed by atoms with E-state index in [1.807, 2.05) is 26.1 Å². The lowest BCUT2D eigenvalue weighted by molar-refractivity contribution is -0.144. The van der Waals surface area contributed by atoms with Crippen molar-refractivity contribution in [2.24, 2.45) is 0 Å². The Kier molecular flexibility index (Phi) is 4.05. The SMILES string of the molecule is CC1CC(N(C)CC2CCCN2c2cccnn2)C(=O)O1. The van der Waals surface area contributed by atoms with Gasteiger partial charge in [-0.05, 0) is 38.9 Å². The van der Waals surface area contributed by atoms with Gasteiger partial charge in [-0.1, -0.05) is 0 Å². The first-order chi connectivity index (χ1) is 10.1. The molecule has 0 bridgehead atoms. The van der Waals surface area contributed by atoms with Crippen molar-refractivity contribution in [1.82, 2.24) is 15.1 Å². The summed E-state index contributed by atoms with van der Waals surface area (Å²) in [5, 5.41) is 8.17. The number of rotatable bonds is 4. The Morgan fingerprint density at radius 1 is 1.52 bits per heavy atom. The molecule has 0 amide bonds. The van der Waals surface area contributed by atoms with Crippen molar-refractivity contribution < 1.29 is 9.53 Å². The van der Waals surface area contributed by atoms with Crippen LogP contribution in [0.5, 0.6) is 0 Å². The van der Waals surface area contributed by atoms with E-state index in [1.165, 1.54) is 0 Å². The fourth-order valence-electron chi connectivity index (χ4n) is 3.33. The number of aromatic nitrogens is 2. The van der Waals surface area contributed by atoms with Gasteiger partial charge in [-0.25, -0.2) is 0 Å². The summed E-state index contributed by atoms with van der Waals surface area (Å²) < 4.78 is 5.25. The number of hydrogen-bond donors (Lipinski definition) is 0. The number of ether oxygens (including phenoxy) is 1. The lowest BCUT2D eigenvalue weighted by Gasteiger charge is -2.30. The van der Waals surface area contributed by atoms with E-state index in [1.54, 1.807) is 6.20 Å². The molecule has 1 aromatic heterocycles. The van der Waals surface area contributed by atoms with Gasteiger partial charge in [-0.15, -0.1) is 5.10 Å². The molecule has 2 saturated heterocycles. The first kappa shape index (κ1) is 14.3. The van der Waals surface area contributed by atoms with Gasteiger partial charge in [0.15, 0.2) is 5.82 Å². The molecule has 0 N–H and O–H groups in total. The number of anilines is 1. The second-order valence-electron chi connectivity index (χ2n) is 6.01. The average molecular weight is 290 g/mol. The number of nitrogens with zero attached hydrogens (tertiary/aromatic N) is 4. The molecule has 0 aromatic carbocycles. The summed E-state index contributed by atoms with van der Waals surface area (Å²) in [4.78, 5) is 16.3. The van der Waals surface area contributed by atoms with Gasteiger partial charge in [0.1, 0.15) is 12.1 Å². The van der Waals surface area contributed by atoms with E-state index in [0.717, 1.165) is 38.2 Å². The second-order valence-corrected chi connectivity index (χ2v) is 6.01. The molecule has 0 spiro atoms. The van der Waals surface area contributed by atoms with Crippen LogP contribution < -0.4 is 4.90 Å². The van der Waals surface area contributed by atoms with E-state index in [-0.39, 0.29) is 18.1 Å². The summed E-state index contributed by atoms with van der Waals surface area (Å²) in [5.41, 5.74) is 0. The van der Waals surface area contributed by atoms with Gasteiger partial charge in [0.25, 0.3) is 0 Å². The minimum atomic E-state index is -0.107. The normalized spacial score (nSPS) is 29.2. The zero-order chi connectivity index (χ0) is 14.8. The molecular weight excluding hydrogens is 268 g/mol. The highest BCUT2D eigenvalue weighted by Crippen LogP contribution is 2.26. The maximum absolute atomic E-state index is 11.9. The third-order valence-electron chi connectivity index (χ3n) is 4.41. The monoisotopic (exact) mass is 290 g/mol. The van der Waals surface area contributed by atoms with Crippen LogP contribution in [0.3, 0.4) is 0 Å². The van der Waals surface area contributed by atoms with E-state index < -0.39 is 0 Å². The van der Waals surface area contributed by atoms with Crippen LogP contribution in [0.4, 0.5) is 5.82 Å². The predicted octanol–water partition coefficient (Wildman–Crippen LogP) is 1.08. The molecule has 2 fully saturated rings. The Balaban J connectivity index is 1.65. The summed E-state index contributed by atoms with van der Waals surface area (Å²) in [5.74, 6) is 0.838. The highest BCUT2D eigenvalue weighted by molar-refractivity contribution is 5.77. The number of carbonyl (C=O) groups is 1. The van der Waals surface area contributed by atoms with Crippen molar-refractivity contribution in [2.45, 2.75) is 44.4 Å². The van der Waals surface area contributed by atoms with Crippen molar-refractivity contribution in [2.75, 3.05) is 25.0 Å². The van der Waals surface area contributed by atoms with E-state index in [4.69, 9.17) is 4.74 Å². The summed E-state index contributed by atoms with van der Waals surface area (Å²) in [6.45, 7) is 3.80.